The molecule has 0 bridgehead atoms. The molecule has 0 radical (unpaired) electrons. The summed E-state index contributed by atoms with van der Waals surface area (Å²) >= 11 is 0. The lowest BCUT2D eigenvalue weighted by Gasteiger charge is -2.07. The average molecular weight is 346 g/mol. The van der Waals surface area contributed by atoms with Gasteiger partial charge in [-0.2, -0.15) is 5.10 Å². The number of aromatic nitrogens is 4. The molecule has 0 fully saturated rings. The molecular formula is C21H22N4O. The van der Waals surface area contributed by atoms with Gasteiger partial charge in [-0.1, -0.05) is 29.8 Å². The Morgan fingerprint density at radius 1 is 0.846 bits per heavy atom. The normalized spacial score (nSPS) is 11.4. The van der Waals surface area contributed by atoms with Crippen LogP contribution in [0.1, 0.15) is 11.3 Å². The van der Waals surface area contributed by atoms with Crippen molar-refractivity contribution >= 4 is 11.0 Å². The zero-order valence-corrected chi connectivity index (χ0v) is 15.7. The first kappa shape index (κ1) is 16.4. The van der Waals surface area contributed by atoms with E-state index in [4.69, 9.17) is 5.10 Å². The van der Waals surface area contributed by atoms with Gasteiger partial charge in [0.2, 0.25) is 0 Å². The van der Waals surface area contributed by atoms with E-state index >= 15 is 0 Å². The molecule has 2 aromatic carbocycles. The summed E-state index contributed by atoms with van der Waals surface area (Å²) in [5.74, 6) is 0. The average Bonchev–Trinajstić information content (AvgIpc) is 3.04. The van der Waals surface area contributed by atoms with Crippen LogP contribution in [0.15, 0.2) is 47.3 Å². The van der Waals surface area contributed by atoms with Crippen LogP contribution < -0.4 is 5.69 Å². The van der Waals surface area contributed by atoms with E-state index in [1.165, 1.54) is 5.56 Å². The lowest BCUT2D eigenvalue weighted by atomic mass is 9.98. The summed E-state index contributed by atoms with van der Waals surface area (Å²) in [4.78, 5) is 12.2. The molecule has 4 aromatic rings. The Morgan fingerprint density at radius 3 is 2.31 bits per heavy atom. The van der Waals surface area contributed by atoms with Crippen LogP contribution in [0.2, 0.25) is 0 Å². The predicted octanol–water partition coefficient (Wildman–Crippen LogP) is 3.56. The number of imidazole rings is 1. The van der Waals surface area contributed by atoms with E-state index < -0.39 is 0 Å². The van der Waals surface area contributed by atoms with Gasteiger partial charge in [-0.3, -0.25) is 13.8 Å². The molecule has 26 heavy (non-hydrogen) atoms. The molecule has 0 saturated heterocycles. The highest BCUT2D eigenvalue weighted by Gasteiger charge is 2.18. The Kier molecular flexibility index (Phi) is 3.61. The van der Waals surface area contributed by atoms with E-state index in [9.17, 15) is 4.79 Å². The van der Waals surface area contributed by atoms with Crippen molar-refractivity contribution in [1.82, 2.24) is 18.9 Å². The number of nitrogens with zero attached hydrogens (tertiary/aromatic N) is 4. The van der Waals surface area contributed by atoms with Crippen LogP contribution in [-0.4, -0.2) is 18.9 Å². The minimum absolute atomic E-state index is 0.0148. The molecule has 0 aliphatic carbocycles. The third-order valence-corrected chi connectivity index (χ3v) is 5.19. The summed E-state index contributed by atoms with van der Waals surface area (Å²) in [5, 5.41) is 4.77. The second-order valence-corrected chi connectivity index (χ2v) is 6.91. The Labute approximate surface area is 152 Å². The quantitative estimate of drug-likeness (QED) is 0.557. The number of hydrogen-bond acceptors (Lipinski definition) is 2. The highest BCUT2D eigenvalue weighted by atomic mass is 16.1. The maximum Gasteiger partial charge on any atom is 0.328 e. The second-order valence-electron chi connectivity index (χ2n) is 6.91. The van der Waals surface area contributed by atoms with E-state index in [1.807, 2.05) is 24.8 Å². The summed E-state index contributed by atoms with van der Waals surface area (Å²) in [6.07, 6.45) is 0. The maximum atomic E-state index is 12.2. The Bertz CT molecular complexity index is 1210. The van der Waals surface area contributed by atoms with Crippen molar-refractivity contribution in [2.45, 2.75) is 13.8 Å². The van der Waals surface area contributed by atoms with Gasteiger partial charge >= 0.3 is 5.69 Å². The minimum Gasteiger partial charge on any atom is -0.295 e. The van der Waals surface area contributed by atoms with E-state index in [0.29, 0.717) is 0 Å². The molecular weight excluding hydrogens is 324 g/mol. The van der Waals surface area contributed by atoms with Crippen molar-refractivity contribution in [1.29, 1.82) is 0 Å². The van der Waals surface area contributed by atoms with E-state index in [-0.39, 0.29) is 5.69 Å². The number of hydrogen-bond donors (Lipinski definition) is 0. The van der Waals surface area contributed by atoms with Crippen LogP contribution in [-0.2, 0) is 21.1 Å². The number of fused-ring (bicyclic) bond motifs is 1. The fourth-order valence-electron chi connectivity index (χ4n) is 3.61. The van der Waals surface area contributed by atoms with Crippen LogP contribution in [0.4, 0.5) is 0 Å². The molecule has 5 nitrogen and oxygen atoms in total. The smallest absolute Gasteiger partial charge is 0.295 e. The first-order valence-electron chi connectivity index (χ1n) is 8.65. The molecule has 0 N–H and O–H groups in total. The number of aryl methyl sites for hydroxylation is 4. The highest BCUT2D eigenvalue weighted by molar-refractivity contribution is 5.88. The summed E-state index contributed by atoms with van der Waals surface area (Å²) in [7, 11) is 5.58. The third kappa shape index (κ3) is 2.31. The van der Waals surface area contributed by atoms with Crippen molar-refractivity contribution in [3.05, 3.63) is 64.2 Å². The molecule has 5 heteroatoms. The Hall–Kier alpha value is -3.08. The standard InChI is InChI=1S/C21H22N4O/c1-13-7-6-8-16(11-13)20-19(14(2)25(5)22-20)15-9-10-17-18(12-15)24(4)21(26)23(17)3/h6-12H,1-5H3. The molecule has 0 aliphatic rings. The van der Waals surface area contributed by atoms with Gasteiger partial charge in [-0.25, -0.2) is 4.79 Å². The molecule has 132 valence electrons. The molecule has 2 aromatic heterocycles. The monoisotopic (exact) mass is 346 g/mol. The molecule has 4 rings (SSSR count). The van der Waals surface area contributed by atoms with Crippen LogP contribution in [0, 0.1) is 13.8 Å². The molecule has 0 amide bonds. The van der Waals surface area contributed by atoms with Crippen LogP contribution in [0.3, 0.4) is 0 Å². The zero-order chi connectivity index (χ0) is 18.6. The van der Waals surface area contributed by atoms with Crippen molar-refractivity contribution in [2.75, 3.05) is 0 Å². The van der Waals surface area contributed by atoms with E-state index in [2.05, 4.69) is 50.2 Å². The van der Waals surface area contributed by atoms with Crippen molar-refractivity contribution in [2.24, 2.45) is 21.1 Å². The van der Waals surface area contributed by atoms with Crippen LogP contribution >= 0.6 is 0 Å². The van der Waals surface area contributed by atoms with Gasteiger partial charge in [0.15, 0.2) is 0 Å². The molecule has 0 unspecified atom stereocenters. The lowest BCUT2D eigenvalue weighted by molar-refractivity contribution is 0.743. The molecule has 2 heterocycles. The van der Waals surface area contributed by atoms with E-state index in [0.717, 1.165) is 39.1 Å². The van der Waals surface area contributed by atoms with Gasteiger partial charge in [0, 0.05) is 38.0 Å². The minimum atomic E-state index is -0.0148. The second kappa shape index (κ2) is 5.73. The van der Waals surface area contributed by atoms with Crippen molar-refractivity contribution in [3.63, 3.8) is 0 Å². The van der Waals surface area contributed by atoms with Crippen molar-refractivity contribution in [3.8, 4) is 22.4 Å². The Morgan fingerprint density at radius 2 is 1.58 bits per heavy atom. The molecule has 0 saturated carbocycles. The first-order valence-corrected chi connectivity index (χ1v) is 8.65. The summed E-state index contributed by atoms with van der Waals surface area (Å²) in [5.41, 5.74) is 8.39. The summed E-state index contributed by atoms with van der Waals surface area (Å²) in [6, 6.07) is 14.6. The van der Waals surface area contributed by atoms with Crippen LogP contribution in [0.5, 0.6) is 0 Å². The molecule has 0 aliphatic heterocycles. The van der Waals surface area contributed by atoms with Gasteiger partial charge < -0.3 is 0 Å². The zero-order valence-electron chi connectivity index (χ0n) is 15.7. The fourth-order valence-corrected chi connectivity index (χ4v) is 3.61. The predicted molar refractivity (Wildman–Crippen MR) is 105 cm³/mol. The summed E-state index contributed by atoms with van der Waals surface area (Å²) in [6.45, 7) is 4.17. The maximum absolute atomic E-state index is 12.2. The SMILES string of the molecule is Cc1cccc(-c2nn(C)c(C)c2-c2ccc3c(c2)n(C)c(=O)n3C)c1. The highest BCUT2D eigenvalue weighted by Crippen LogP contribution is 2.35. The number of benzene rings is 2. The number of rotatable bonds is 2. The summed E-state index contributed by atoms with van der Waals surface area (Å²) < 4.78 is 5.29. The topological polar surface area (TPSA) is 44.8 Å². The lowest BCUT2D eigenvalue weighted by Crippen LogP contribution is -2.19. The third-order valence-electron chi connectivity index (χ3n) is 5.19. The fraction of sp³-hybridized carbons (Fsp3) is 0.238. The van der Waals surface area contributed by atoms with Gasteiger partial charge in [-0.05, 0) is 37.6 Å². The van der Waals surface area contributed by atoms with Gasteiger partial charge in [0.25, 0.3) is 0 Å². The van der Waals surface area contributed by atoms with Crippen molar-refractivity contribution < 1.29 is 0 Å². The van der Waals surface area contributed by atoms with E-state index in [1.54, 1.807) is 16.2 Å². The van der Waals surface area contributed by atoms with Gasteiger partial charge in [0.05, 0.1) is 11.0 Å². The first-order chi connectivity index (χ1) is 12.4. The molecule has 0 spiro atoms. The van der Waals surface area contributed by atoms with Crippen LogP contribution in [0.25, 0.3) is 33.4 Å². The van der Waals surface area contributed by atoms with Gasteiger partial charge in [0.1, 0.15) is 5.69 Å². The molecule has 0 atom stereocenters. The van der Waals surface area contributed by atoms with Gasteiger partial charge in [-0.15, -0.1) is 0 Å². The largest absolute Gasteiger partial charge is 0.328 e. The Balaban J connectivity index is 2.00.